The third kappa shape index (κ3) is 3.29. The molecule has 0 spiro atoms. The highest BCUT2D eigenvalue weighted by Crippen LogP contribution is 2.28. The maximum absolute atomic E-state index is 5.69. The van der Waals surface area contributed by atoms with Crippen molar-refractivity contribution in [2.45, 2.75) is 19.9 Å². The molecule has 1 aromatic carbocycles. The van der Waals surface area contributed by atoms with E-state index in [-0.39, 0.29) is 6.04 Å². The molecule has 0 saturated heterocycles. The van der Waals surface area contributed by atoms with E-state index in [1.807, 2.05) is 31.2 Å². The van der Waals surface area contributed by atoms with Crippen LogP contribution < -0.4 is 10.1 Å². The summed E-state index contributed by atoms with van der Waals surface area (Å²) in [6, 6.07) is 9.78. The van der Waals surface area contributed by atoms with Crippen molar-refractivity contribution >= 4 is 0 Å². The molecule has 19 heavy (non-hydrogen) atoms. The predicted octanol–water partition coefficient (Wildman–Crippen LogP) is 2.57. The van der Waals surface area contributed by atoms with Crippen molar-refractivity contribution in [1.82, 2.24) is 15.3 Å². The smallest absolute Gasteiger partial charge is 0.149 e. The minimum atomic E-state index is -0.0473. The van der Waals surface area contributed by atoms with Gasteiger partial charge in [-0.25, -0.2) is 9.97 Å². The second-order valence-corrected chi connectivity index (χ2v) is 4.07. The Morgan fingerprint density at radius 2 is 1.84 bits per heavy atom. The van der Waals surface area contributed by atoms with E-state index in [4.69, 9.17) is 4.74 Å². The fourth-order valence-electron chi connectivity index (χ4n) is 2.01. The summed E-state index contributed by atoms with van der Waals surface area (Å²) in [6.07, 6.45) is 3.52. The van der Waals surface area contributed by atoms with Crippen LogP contribution >= 0.6 is 0 Å². The summed E-state index contributed by atoms with van der Waals surface area (Å²) in [7, 11) is 0. The van der Waals surface area contributed by atoms with Gasteiger partial charge in [0.15, 0.2) is 0 Å². The van der Waals surface area contributed by atoms with Gasteiger partial charge in [-0.1, -0.05) is 25.1 Å². The van der Waals surface area contributed by atoms with Crippen LogP contribution in [0.1, 0.15) is 31.3 Å². The number of rotatable bonds is 6. The van der Waals surface area contributed by atoms with Gasteiger partial charge in [-0.3, -0.25) is 0 Å². The lowest BCUT2D eigenvalue weighted by atomic mass is 10.0. The number of nitrogens with one attached hydrogen (secondary N) is 1. The number of benzene rings is 1. The van der Waals surface area contributed by atoms with Crippen molar-refractivity contribution in [1.29, 1.82) is 0 Å². The maximum atomic E-state index is 5.69. The first kappa shape index (κ1) is 13.5. The van der Waals surface area contributed by atoms with Crippen molar-refractivity contribution in [3.05, 3.63) is 54.1 Å². The highest BCUT2D eigenvalue weighted by molar-refractivity contribution is 5.38. The zero-order valence-electron chi connectivity index (χ0n) is 11.3. The molecule has 1 heterocycles. The summed E-state index contributed by atoms with van der Waals surface area (Å²) in [5.41, 5.74) is 1.07. The molecule has 100 valence electrons. The summed E-state index contributed by atoms with van der Waals surface area (Å²) in [5, 5.41) is 3.41. The van der Waals surface area contributed by atoms with Gasteiger partial charge in [0.2, 0.25) is 0 Å². The molecule has 0 amide bonds. The fraction of sp³-hybridized carbons (Fsp3) is 0.333. The first-order valence-corrected chi connectivity index (χ1v) is 6.58. The molecule has 0 fully saturated rings. The average molecular weight is 257 g/mol. The molecule has 0 aliphatic carbocycles. The van der Waals surface area contributed by atoms with Crippen LogP contribution in [0.4, 0.5) is 0 Å². The molecule has 0 saturated carbocycles. The first-order valence-electron chi connectivity index (χ1n) is 6.58. The molecule has 4 heteroatoms. The lowest BCUT2D eigenvalue weighted by molar-refractivity contribution is 0.333. The van der Waals surface area contributed by atoms with E-state index < -0.39 is 0 Å². The molecule has 0 aliphatic heterocycles. The number of nitrogens with zero attached hydrogens (tertiary/aromatic N) is 2. The van der Waals surface area contributed by atoms with Crippen LogP contribution in [0, 0.1) is 0 Å². The molecule has 0 radical (unpaired) electrons. The highest BCUT2D eigenvalue weighted by Gasteiger charge is 2.19. The Morgan fingerprint density at radius 3 is 2.53 bits per heavy atom. The minimum absolute atomic E-state index is 0.0473. The van der Waals surface area contributed by atoms with Gasteiger partial charge < -0.3 is 10.1 Å². The molecule has 2 aromatic rings. The average Bonchev–Trinajstić information content (AvgIpc) is 2.47. The number of hydrogen-bond donors (Lipinski definition) is 1. The largest absolute Gasteiger partial charge is 0.494 e. The Balaban J connectivity index is 2.39. The van der Waals surface area contributed by atoms with Crippen molar-refractivity contribution in [3.8, 4) is 5.75 Å². The summed E-state index contributed by atoms with van der Waals surface area (Å²) in [6.45, 7) is 5.53. The molecule has 1 N–H and O–H groups in total. The molecule has 4 nitrogen and oxygen atoms in total. The Labute approximate surface area is 113 Å². The lowest BCUT2D eigenvalue weighted by Crippen LogP contribution is -2.24. The van der Waals surface area contributed by atoms with Gasteiger partial charge in [-0.15, -0.1) is 0 Å². The van der Waals surface area contributed by atoms with Gasteiger partial charge in [0, 0.05) is 18.0 Å². The molecular formula is C15H19N3O. The van der Waals surface area contributed by atoms with Crippen molar-refractivity contribution in [2.24, 2.45) is 0 Å². The van der Waals surface area contributed by atoms with E-state index in [9.17, 15) is 0 Å². The van der Waals surface area contributed by atoms with Gasteiger partial charge in [-0.2, -0.15) is 0 Å². The third-order valence-corrected chi connectivity index (χ3v) is 2.78. The summed E-state index contributed by atoms with van der Waals surface area (Å²) < 4.78 is 5.69. The topological polar surface area (TPSA) is 47.0 Å². The van der Waals surface area contributed by atoms with Crippen LogP contribution in [-0.2, 0) is 0 Å². The predicted molar refractivity (Wildman–Crippen MR) is 75.2 cm³/mol. The van der Waals surface area contributed by atoms with Gasteiger partial charge >= 0.3 is 0 Å². The van der Waals surface area contributed by atoms with Gasteiger partial charge in [0.05, 0.1) is 12.6 Å². The standard InChI is InChI=1S/C15H19N3O/c1-3-16-14(15-17-10-7-11-18-15)12-8-5-6-9-13(12)19-4-2/h5-11,14,16H,3-4H2,1-2H3. The van der Waals surface area contributed by atoms with Crippen LogP contribution in [0.25, 0.3) is 0 Å². The van der Waals surface area contributed by atoms with Crippen molar-refractivity contribution < 1.29 is 4.74 Å². The Hall–Kier alpha value is -1.94. The highest BCUT2D eigenvalue weighted by atomic mass is 16.5. The molecule has 1 aromatic heterocycles. The van der Waals surface area contributed by atoms with E-state index in [2.05, 4.69) is 28.3 Å². The summed E-state index contributed by atoms with van der Waals surface area (Å²) in [4.78, 5) is 8.69. The molecular weight excluding hydrogens is 238 g/mol. The lowest BCUT2D eigenvalue weighted by Gasteiger charge is -2.19. The van der Waals surface area contributed by atoms with Crippen molar-refractivity contribution in [2.75, 3.05) is 13.2 Å². The van der Waals surface area contributed by atoms with Gasteiger partial charge in [0.1, 0.15) is 11.6 Å². The second-order valence-electron chi connectivity index (χ2n) is 4.07. The molecule has 1 unspecified atom stereocenters. The Bertz CT molecular complexity index is 502. The number of hydrogen-bond acceptors (Lipinski definition) is 4. The van der Waals surface area contributed by atoms with E-state index in [0.717, 1.165) is 23.7 Å². The number of ether oxygens (including phenoxy) is 1. The zero-order chi connectivity index (χ0) is 13.5. The normalized spacial score (nSPS) is 12.1. The Morgan fingerprint density at radius 1 is 1.11 bits per heavy atom. The van der Waals surface area contributed by atoms with E-state index in [1.54, 1.807) is 12.4 Å². The quantitative estimate of drug-likeness (QED) is 0.864. The van der Waals surface area contributed by atoms with Gasteiger partial charge in [-0.05, 0) is 25.6 Å². The maximum Gasteiger partial charge on any atom is 0.149 e. The first-order chi connectivity index (χ1) is 9.36. The molecule has 0 aliphatic rings. The van der Waals surface area contributed by atoms with E-state index >= 15 is 0 Å². The number of para-hydroxylation sites is 1. The number of aromatic nitrogens is 2. The monoisotopic (exact) mass is 257 g/mol. The zero-order valence-corrected chi connectivity index (χ0v) is 11.3. The third-order valence-electron chi connectivity index (χ3n) is 2.78. The summed E-state index contributed by atoms with van der Waals surface area (Å²) in [5.74, 6) is 1.64. The molecule has 1 atom stereocenters. The second kappa shape index (κ2) is 6.85. The van der Waals surface area contributed by atoms with Crippen LogP contribution in [0.5, 0.6) is 5.75 Å². The molecule has 2 rings (SSSR count). The SMILES string of the molecule is CCNC(c1ncccn1)c1ccccc1OCC. The van der Waals surface area contributed by atoms with Crippen molar-refractivity contribution in [3.63, 3.8) is 0 Å². The van der Waals surface area contributed by atoms with Gasteiger partial charge in [0.25, 0.3) is 0 Å². The van der Waals surface area contributed by atoms with E-state index in [1.165, 1.54) is 0 Å². The fourth-order valence-corrected chi connectivity index (χ4v) is 2.01. The Kier molecular flexibility index (Phi) is 4.86. The molecule has 0 bridgehead atoms. The summed E-state index contributed by atoms with van der Waals surface area (Å²) >= 11 is 0. The van der Waals surface area contributed by atoms with Crippen LogP contribution in [0.15, 0.2) is 42.7 Å². The van der Waals surface area contributed by atoms with Crippen LogP contribution in [0.3, 0.4) is 0 Å². The minimum Gasteiger partial charge on any atom is -0.494 e. The van der Waals surface area contributed by atoms with Crippen LogP contribution in [0.2, 0.25) is 0 Å². The van der Waals surface area contributed by atoms with Crippen LogP contribution in [-0.4, -0.2) is 23.1 Å². The van der Waals surface area contributed by atoms with E-state index in [0.29, 0.717) is 6.61 Å².